The molecule has 0 saturated carbocycles. The lowest BCUT2D eigenvalue weighted by molar-refractivity contribution is -0.129. The van der Waals surface area contributed by atoms with Gasteiger partial charge in [0.2, 0.25) is 5.91 Å². The van der Waals surface area contributed by atoms with Gasteiger partial charge in [0, 0.05) is 13.1 Å². The van der Waals surface area contributed by atoms with Crippen molar-refractivity contribution in [1.82, 2.24) is 4.90 Å². The van der Waals surface area contributed by atoms with E-state index in [-0.39, 0.29) is 29.1 Å². The second-order valence-electron chi connectivity index (χ2n) is 6.85. The highest BCUT2D eigenvalue weighted by Crippen LogP contribution is 2.25. The van der Waals surface area contributed by atoms with Crippen molar-refractivity contribution in [3.8, 4) is 5.75 Å². The molecule has 0 aromatic heterocycles. The molecule has 1 N–H and O–H groups in total. The maximum Gasteiger partial charge on any atom is 0.337 e. The van der Waals surface area contributed by atoms with E-state index in [2.05, 4.69) is 0 Å². The van der Waals surface area contributed by atoms with E-state index in [0.717, 1.165) is 37.1 Å². The van der Waals surface area contributed by atoms with Crippen molar-refractivity contribution in [2.75, 3.05) is 20.2 Å². The summed E-state index contributed by atoms with van der Waals surface area (Å²) >= 11 is 5.91. The molecule has 0 radical (unpaired) electrons. The van der Waals surface area contributed by atoms with E-state index in [0.29, 0.717) is 11.5 Å². The molecule has 27 heavy (non-hydrogen) atoms. The first-order valence-corrected chi connectivity index (χ1v) is 9.26. The predicted octanol–water partition coefficient (Wildman–Crippen LogP) is 3.47. The molecule has 1 fully saturated rings. The van der Waals surface area contributed by atoms with Crippen LogP contribution in [0.2, 0.25) is 5.02 Å². The lowest BCUT2D eigenvalue weighted by atomic mass is 9.98. The van der Waals surface area contributed by atoms with Gasteiger partial charge in [-0.3, -0.25) is 4.79 Å². The van der Waals surface area contributed by atoms with Gasteiger partial charge in [0.1, 0.15) is 5.75 Å². The summed E-state index contributed by atoms with van der Waals surface area (Å²) in [5.41, 5.74) is 2.48. The van der Waals surface area contributed by atoms with Gasteiger partial charge in [-0.15, -0.1) is 0 Å². The first kappa shape index (κ1) is 19.2. The molecule has 1 aliphatic heterocycles. The number of carbonyl (C=O) groups excluding carboxylic acids is 2. The van der Waals surface area contributed by atoms with Crippen molar-refractivity contribution >= 4 is 23.5 Å². The largest absolute Gasteiger partial charge is 0.506 e. The molecule has 2 aromatic rings. The van der Waals surface area contributed by atoms with E-state index < -0.39 is 0 Å². The number of rotatable bonds is 5. The third kappa shape index (κ3) is 4.80. The number of hydrogen-bond donors (Lipinski definition) is 1. The average Bonchev–Trinajstić information content (AvgIpc) is 3.13. The van der Waals surface area contributed by atoms with Crippen LogP contribution in [0.5, 0.6) is 5.75 Å². The van der Waals surface area contributed by atoms with E-state index >= 15 is 0 Å². The Bertz CT molecular complexity index is 835. The van der Waals surface area contributed by atoms with Crippen LogP contribution in [0.4, 0.5) is 0 Å². The molecule has 0 bridgehead atoms. The number of phenols is 1. The molecule has 3 rings (SSSR count). The number of phenolic OH excluding ortho intramolecular Hbond substituents is 1. The van der Waals surface area contributed by atoms with E-state index in [1.165, 1.54) is 13.2 Å². The standard InChI is InChI=1S/C21H22ClNO4/c1-27-21(26)17-5-2-14(3-6-17)10-16-8-9-23(13-16)20(25)12-15-4-7-19(24)18(22)11-15/h2-7,11,16,24H,8-10,12-13H2,1H3. The third-order valence-electron chi connectivity index (χ3n) is 4.91. The monoisotopic (exact) mass is 387 g/mol. The Balaban J connectivity index is 1.54. The molecule has 5 nitrogen and oxygen atoms in total. The maximum atomic E-state index is 12.5. The summed E-state index contributed by atoms with van der Waals surface area (Å²) in [4.78, 5) is 25.9. The van der Waals surface area contributed by atoms with Crippen LogP contribution in [0, 0.1) is 5.92 Å². The summed E-state index contributed by atoms with van der Waals surface area (Å²) in [6.07, 6.45) is 2.11. The van der Waals surface area contributed by atoms with Crippen molar-refractivity contribution < 1.29 is 19.4 Å². The van der Waals surface area contributed by atoms with Gasteiger partial charge < -0.3 is 14.7 Å². The van der Waals surface area contributed by atoms with Crippen molar-refractivity contribution in [3.05, 3.63) is 64.2 Å². The Morgan fingerprint density at radius 2 is 1.89 bits per heavy atom. The van der Waals surface area contributed by atoms with Crippen LogP contribution in [-0.2, 0) is 22.4 Å². The van der Waals surface area contributed by atoms with Gasteiger partial charge >= 0.3 is 5.97 Å². The van der Waals surface area contributed by atoms with E-state index in [4.69, 9.17) is 16.3 Å². The number of carbonyl (C=O) groups is 2. The molecule has 2 aromatic carbocycles. The average molecular weight is 388 g/mol. The molecule has 0 aliphatic carbocycles. The van der Waals surface area contributed by atoms with Crippen molar-refractivity contribution in [2.45, 2.75) is 19.3 Å². The minimum absolute atomic E-state index is 0.0207. The number of halogens is 1. The van der Waals surface area contributed by atoms with Crippen LogP contribution in [-0.4, -0.2) is 42.1 Å². The molecule has 0 spiro atoms. The Hall–Kier alpha value is -2.53. The summed E-state index contributed by atoms with van der Waals surface area (Å²) < 4.78 is 4.71. The Labute approximate surface area is 163 Å². The summed E-state index contributed by atoms with van der Waals surface area (Å²) in [6.45, 7) is 1.47. The highest BCUT2D eigenvalue weighted by molar-refractivity contribution is 6.32. The fourth-order valence-corrected chi connectivity index (χ4v) is 3.60. The molecule has 1 unspecified atom stereocenters. The van der Waals surface area contributed by atoms with Crippen LogP contribution in [0.1, 0.15) is 27.9 Å². The number of methoxy groups -OCH3 is 1. The van der Waals surface area contributed by atoms with Gasteiger partial charge in [-0.05, 0) is 54.2 Å². The number of esters is 1. The lowest BCUT2D eigenvalue weighted by Crippen LogP contribution is -2.30. The van der Waals surface area contributed by atoms with Gasteiger partial charge in [0.25, 0.3) is 0 Å². The number of aromatic hydroxyl groups is 1. The lowest BCUT2D eigenvalue weighted by Gasteiger charge is -2.17. The van der Waals surface area contributed by atoms with Crippen LogP contribution in [0.15, 0.2) is 42.5 Å². The van der Waals surface area contributed by atoms with Crippen molar-refractivity contribution in [1.29, 1.82) is 0 Å². The number of nitrogens with zero attached hydrogens (tertiary/aromatic N) is 1. The number of amides is 1. The minimum Gasteiger partial charge on any atom is -0.506 e. The van der Waals surface area contributed by atoms with Crippen LogP contribution in [0.25, 0.3) is 0 Å². The predicted molar refractivity (Wildman–Crippen MR) is 103 cm³/mol. The number of hydrogen-bond acceptors (Lipinski definition) is 4. The maximum absolute atomic E-state index is 12.5. The minimum atomic E-state index is -0.339. The second kappa shape index (κ2) is 8.44. The zero-order valence-electron chi connectivity index (χ0n) is 15.2. The highest BCUT2D eigenvalue weighted by Gasteiger charge is 2.26. The summed E-state index contributed by atoms with van der Waals surface area (Å²) in [5, 5.41) is 9.73. The number of benzene rings is 2. The van der Waals surface area contributed by atoms with Crippen molar-refractivity contribution in [3.63, 3.8) is 0 Å². The van der Waals surface area contributed by atoms with Gasteiger partial charge in [0.15, 0.2) is 0 Å². The van der Waals surface area contributed by atoms with E-state index in [9.17, 15) is 14.7 Å². The van der Waals surface area contributed by atoms with Gasteiger partial charge in [-0.25, -0.2) is 4.79 Å². The first-order valence-electron chi connectivity index (χ1n) is 8.88. The molecular weight excluding hydrogens is 366 g/mol. The van der Waals surface area contributed by atoms with Crippen molar-refractivity contribution in [2.24, 2.45) is 5.92 Å². The van der Waals surface area contributed by atoms with Gasteiger partial charge in [-0.2, -0.15) is 0 Å². The molecule has 1 saturated heterocycles. The zero-order chi connectivity index (χ0) is 19.4. The SMILES string of the molecule is COC(=O)c1ccc(CC2CCN(C(=O)Cc3ccc(O)c(Cl)c3)C2)cc1. The molecule has 142 valence electrons. The van der Waals surface area contributed by atoms with E-state index in [1.54, 1.807) is 24.3 Å². The zero-order valence-corrected chi connectivity index (χ0v) is 15.9. The summed E-state index contributed by atoms with van der Waals surface area (Å²) in [5.74, 6) is 0.155. The smallest absolute Gasteiger partial charge is 0.337 e. The number of ether oxygens (including phenoxy) is 1. The normalized spacial score (nSPS) is 16.4. The number of likely N-dealkylation sites (tertiary alicyclic amines) is 1. The van der Waals surface area contributed by atoms with E-state index in [1.807, 2.05) is 17.0 Å². The highest BCUT2D eigenvalue weighted by atomic mass is 35.5. The Morgan fingerprint density at radius 3 is 2.56 bits per heavy atom. The van der Waals surface area contributed by atoms with Crippen LogP contribution >= 0.6 is 11.6 Å². The van der Waals surface area contributed by atoms with Gasteiger partial charge in [0.05, 0.1) is 24.1 Å². The van der Waals surface area contributed by atoms with Crippen LogP contribution < -0.4 is 0 Å². The molecule has 6 heteroatoms. The summed E-state index contributed by atoms with van der Waals surface area (Å²) in [7, 11) is 1.37. The molecule has 1 heterocycles. The molecular formula is C21H22ClNO4. The molecule has 1 atom stereocenters. The third-order valence-corrected chi connectivity index (χ3v) is 5.21. The Morgan fingerprint density at radius 1 is 1.19 bits per heavy atom. The summed E-state index contributed by atoms with van der Waals surface area (Å²) in [6, 6.07) is 12.3. The fraction of sp³-hybridized carbons (Fsp3) is 0.333. The van der Waals surface area contributed by atoms with Crippen LogP contribution in [0.3, 0.4) is 0 Å². The molecule has 1 amide bonds. The second-order valence-corrected chi connectivity index (χ2v) is 7.26. The fourth-order valence-electron chi connectivity index (χ4n) is 3.40. The van der Waals surface area contributed by atoms with Gasteiger partial charge in [-0.1, -0.05) is 29.8 Å². The quantitative estimate of drug-likeness (QED) is 0.798. The Kier molecular flexibility index (Phi) is 6.01. The molecule has 1 aliphatic rings. The first-order chi connectivity index (χ1) is 13.0. The topological polar surface area (TPSA) is 66.8 Å².